The lowest BCUT2D eigenvalue weighted by atomic mass is 10.0. The molecule has 0 saturated carbocycles. The maximum Gasteiger partial charge on any atom is 0.126 e. The van der Waals surface area contributed by atoms with Crippen LogP contribution in [0.1, 0.15) is 18.0 Å². The van der Waals surface area contributed by atoms with Crippen molar-refractivity contribution in [1.29, 1.82) is 0 Å². The first-order valence-corrected chi connectivity index (χ1v) is 4.52. The second-order valence-corrected chi connectivity index (χ2v) is 3.55. The third-order valence-electron chi connectivity index (χ3n) is 2.39. The fourth-order valence-electron chi connectivity index (χ4n) is 1.75. The summed E-state index contributed by atoms with van der Waals surface area (Å²) in [5, 5.41) is 12.2. The monoisotopic (exact) mass is 199 g/mol. The maximum atomic E-state index is 12.8. The van der Waals surface area contributed by atoms with Crippen molar-refractivity contribution in [3.8, 4) is 0 Å². The Hall–Kier alpha value is -1.00. The van der Waals surface area contributed by atoms with E-state index in [0.29, 0.717) is 18.5 Å². The third-order valence-corrected chi connectivity index (χ3v) is 2.39. The van der Waals surface area contributed by atoms with E-state index < -0.39 is 17.7 Å². The number of aliphatic hydroxyl groups is 1. The zero-order valence-electron chi connectivity index (χ0n) is 7.50. The van der Waals surface area contributed by atoms with Crippen LogP contribution in [0.2, 0.25) is 0 Å². The molecule has 76 valence electrons. The Bertz CT molecular complexity index is 323. The Labute approximate surface area is 80.6 Å². The van der Waals surface area contributed by atoms with Crippen molar-refractivity contribution >= 4 is 0 Å². The van der Waals surface area contributed by atoms with Gasteiger partial charge < -0.3 is 10.4 Å². The summed E-state index contributed by atoms with van der Waals surface area (Å²) in [5.74, 6) is -1.16. The minimum Gasteiger partial charge on any atom is -0.392 e. The second kappa shape index (κ2) is 3.63. The van der Waals surface area contributed by atoms with Crippen molar-refractivity contribution in [2.75, 3.05) is 6.54 Å². The average molecular weight is 199 g/mol. The van der Waals surface area contributed by atoms with E-state index in [0.717, 1.165) is 6.07 Å². The fourth-order valence-corrected chi connectivity index (χ4v) is 1.75. The van der Waals surface area contributed by atoms with Crippen LogP contribution in [0.5, 0.6) is 0 Å². The molecule has 2 atom stereocenters. The van der Waals surface area contributed by atoms with Gasteiger partial charge in [0.1, 0.15) is 11.6 Å². The Morgan fingerprint density at radius 2 is 1.86 bits per heavy atom. The molecule has 2 nitrogen and oxygen atoms in total. The molecule has 0 radical (unpaired) electrons. The number of rotatable bonds is 1. The molecule has 2 unspecified atom stereocenters. The van der Waals surface area contributed by atoms with Gasteiger partial charge in [-0.15, -0.1) is 0 Å². The Morgan fingerprint density at radius 1 is 1.21 bits per heavy atom. The molecule has 0 aliphatic carbocycles. The predicted molar refractivity (Wildman–Crippen MR) is 47.7 cm³/mol. The van der Waals surface area contributed by atoms with Gasteiger partial charge in [-0.25, -0.2) is 8.78 Å². The number of β-amino-alcohol motifs (C(OH)–C–C–N with tert-alkyl or cyclic N) is 1. The van der Waals surface area contributed by atoms with Crippen LogP contribution in [0.25, 0.3) is 0 Å². The van der Waals surface area contributed by atoms with Crippen LogP contribution in [0.15, 0.2) is 18.2 Å². The minimum atomic E-state index is -0.580. The Balaban J connectivity index is 2.23. The molecular formula is C10H11F2NO. The molecule has 2 rings (SSSR count). The van der Waals surface area contributed by atoms with Gasteiger partial charge in [0.05, 0.1) is 6.10 Å². The first-order valence-electron chi connectivity index (χ1n) is 4.52. The van der Waals surface area contributed by atoms with E-state index in [1.54, 1.807) is 0 Å². The van der Waals surface area contributed by atoms with Crippen LogP contribution >= 0.6 is 0 Å². The highest BCUT2D eigenvalue weighted by atomic mass is 19.1. The van der Waals surface area contributed by atoms with E-state index in [4.69, 9.17) is 0 Å². The first-order chi connectivity index (χ1) is 6.65. The van der Waals surface area contributed by atoms with E-state index in [1.165, 1.54) is 12.1 Å². The van der Waals surface area contributed by atoms with Gasteiger partial charge in [0.25, 0.3) is 0 Å². The SMILES string of the molecule is OC1CNC(c2cc(F)cc(F)c2)C1. The summed E-state index contributed by atoms with van der Waals surface area (Å²) in [7, 11) is 0. The van der Waals surface area contributed by atoms with Crippen molar-refractivity contribution in [3.63, 3.8) is 0 Å². The van der Waals surface area contributed by atoms with Crippen LogP contribution in [-0.2, 0) is 0 Å². The summed E-state index contributed by atoms with van der Waals surface area (Å²) in [6, 6.07) is 3.28. The highest BCUT2D eigenvalue weighted by Crippen LogP contribution is 2.24. The normalized spacial score (nSPS) is 26.8. The lowest BCUT2D eigenvalue weighted by molar-refractivity contribution is 0.193. The molecule has 0 spiro atoms. The molecule has 14 heavy (non-hydrogen) atoms. The lowest BCUT2D eigenvalue weighted by Crippen LogP contribution is -2.15. The summed E-state index contributed by atoms with van der Waals surface area (Å²) in [4.78, 5) is 0. The van der Waals surface area contributed by atoms with Crippen LogP contribution in [0.4, 0.5) is 8.78 Å². The highest BCUT2D eigenvalue weighted by molar-refractivity contribution is 5.22. The maximum absolute atomic E-state index is 12.8. The lowest BCUT2D eigenvalue weighted by Gasteiger charge is -2.10. The number of nitrogens with one attached hydrogen (secondary N) is 1. The Morgan fingerprint density at radius 3 is 2.36 bits per heavy atom. The molecule has 0 amide bonds. The summed E-state index contributed by atoms with van der Waals surface area (Å²) in [5.41, 5.74) is 0.555. The smallest absolute Gasteiger partial charge is 0.126 e. The molecule has 1 aromatic carbocycles. The first kappa shape index (κ1) is 9.55. The molecule has 1 aliphatic rings. The molecule has 0 bridgehead atoms. The molecule has 4 heteroatoms. The molecule has 1 aliphatic heterocycles. The number of benzene rings is 1. The molecular weight excluding hydrogens is 188 g/mol. The van der Waals surface area contributed by atoms with Crippen molar-refractivity contribution in [2.24, 2.45) is 0 Å². The van der Waals surface area contributed by atoms with E-state index in [2.05, 4.69) is 5.32 Å². The van der Waals surface area contributed by atoms with Gasteiger partial charge >= 0.3 is 0 Å². The molecule has 1 saturated heterocycles. The van der Waals surface area contributed by atoms with Crippen molar-refractivity contribution in [3.05, 3.63) is 35.4 Å². The molecule has 1 heterocycles. The standard InChI is InChI=1S/C10H11F2NO/c11-7-1-6(2-8(12)3-7)10-4-9(14)5-13-10/h1-3,9-10,13-14H,4-5H2. The van der Waals surface area contributed by atoms with Crippen LogP contribution < -0.4 is 5.32 Å². The van der Waals surface area contributed by atoms with Gasteiger partial charge in [0.2, 0.25) is 0 Å². The summed E-state index contributed by atoms with van der Waals surface area (Å²) >= 11 is 0. The molecule has 2 N–H and O–H groups in total. The van der Waals surface area contributed by atoms with Crippen LogP contribution in [0, 0.1) is 11.6 Å². The predicted octanol–water partition coefficient (Wildman–Crippen LogP) is 1.36. The van der Waals surface area contributed by atoms with Crippen molar-refractivity contribution in [1.82, 2.24) is 5.32 Å². The second-order valence-electron chi connectivity index (χ2n) is 3.55. The molecule has 0 aromatic heterocycles. The van der Waals surface area contributed by atoms with E-state index in [-0.39, 0.29) is 6.04 Å². The zero-order valence-corrected chi connectivity index (χ0v) is 7.50. The van der Waals surface area contributed by atoms with Gasteiger partial charge in [-0.3, -0.25) is 0 Å². The van der Waals surface area contributed by atoms with E-state index >= 15 is 0 Å². The summed E-state index contributed by atoms with van der Waals surface area (Å²) in [6.45, 7) is 0.475. The van der Waals surface area contributed by atoms with Gasteiger partial charge in [-0.1, -0.05) is 0 Å². The van der Waals surface area contributed by atoms with Crippen molar-refractivity contribution < 1.29 is 13.9 Å². The van der Waals surface area contributed by atoms with E-state index in [1.807, 2.05) is 0 Å². The number of hydrogen-bond donors (Lipinski definition) is 2. The van der Waals surface area contributed by atoms with Gasteiger partial charge in [0, 0.05) is 18.7 Å². The third kappa shape index (κ3) is 1.91. The van der Waals surface area contributed by atoms with Crippen LogP contribution in [-0.4, -0.2) is 17.8 Å². The van der Waals surface area contributed by atoms with E-state index in [9.17, 15) is 13.9 Å². The van der Waals surface area contributed by atoms with Gasteiger partial charge in [0.15, 0.2) is 0 Å². The number of aliphatic hydroxyl groups excluding tert-OH is 1. The summed E-state index contributed by atoms with van der Waals surface area (Å²) < 4.78 is 25.7. The number of hydrogen-bond acceptors (Lipinski definition) is 2. The topological polar surface area (TPSA) is 32.3 Å². The highest BCUT2D eigenvalue weighted by Gasteiger charge is 2.23. The largest absolute Gasteiger partial charge is 0.392 e. The number of halogens is 2. The van der Waals surface area contributed by atoms with Crippen LogP contribution in [0.3, 0.4) is 0 Å². The quantitative estimate of drug-likeness (QED) is 0.715. The average Bonchev–Trinajstić information content (AvgIpc) is 2.50. The fraction of sp³-hybridized carbons (Fsp3) is 0.400. The van der Waals surface area contributed by atoms with Gasteiger partial charge in [-0.05, 0) is 24.1 Å². The zero-order chi connectivity index (χ0) is 10.1. The van der Waals surface area contributed by atoms with Crippen molar-refractivity contribution in [2.45, 2.75) is 18.6 Å². The molecule has 1 aromatic rings. The Kier molecular flexibility index (Phi) is 2.48. The summed E-state index contributed by atoms with van der Waals surface area (Å²) in [6.07, 6.45) is 0.0782. The minimum absolute atomic E-state index is 0.143. The van der Waals surface area contributed by atoms with Gasteiger partial charge in [-0.2, -0.15) is 0 Å². The molecule has 1 fully saturated rings.